The molecule has 16 heteroatoms. The Labute approximate surface area is 352 Å². The van der Waals surface area contributed by atoms with Gasteiger partial charge in [0.05, 0.1) is 39.6 Å². The number of allylic oxidation sites excluding steroid dienone is 2. The second-order valence-electron chi connectivity index (χ2n) is 14.4. The Bertz CT molecular complexity index is 1110. The van der Waals surface area contributed by atoms with E-state index in [1.165, 1.54) is 51.4 Å². The number of hydrogen-bond donors (Lipinski definition) is 6. The summed E-state index contributed by atoms with van der Waals surface area (Å²) in [6.07, 6.45) is 21.3. The molecule has 6 N–H and O–H groups in total. The molecule has 0 aromatic heterocycles. The van der Waals surface area contributed by atoms with Crippen LogP contribution in [0.5, 0.6) is 0 Å². The van der Waals surface area contributed by atoms with E-state index in [2.05, 4.69) is 28.2 Å². The minimum Gasteiger partial charge on any atom is -0.481 e. The van der Waals surface area contributed by atoms with Crippen molar-refractivity contribution < 1.29 is 53.1 Å². The van der Waals surface area contributed by atoms with E-state index in [1.807, 2.05) is 13.2 Å². The average Bonchev–Trinajstić information content (AvgIpc) is 3.19. The molecule has 0 rings (SSSR count). The fourth-order valence-electron chi connectivity index (χ4n) is 5.81. The van der Waals surface area contributed by atoms with E-state index in [4.69, 9.17) is 24.1 Å². The van der Waals surface area contributed by atoms with Crippen molar-refractivity contribution >= 4 is 41.4 Å². The highest BCUT2D eigenvalue weighted by atomic mass is 32.2. The number of thioether (sulfide) groups is 1. The molecule has 0 aliphatic rings. The van der Waals surface area contributed by atoms with E-state index in [9.17, 15) is 29.1 Å². The van der Waals surface area contributed by atoms with Crippen molar-refractivity contribution in [2.24, 2.45) is 0 Å². The number of carbonyl (C=O) groups excluding carboxylic acids is 3. The predicted molar refractivity (Wildman–Crippen MR) is 229 cm³/mol. The maximum absolute atomic E-state index is 12.4. The van der Waals surface area contributed by atoms with Gasteiger partial charge < -0.3 is 50.4 Å². The van der Waals surface area contributed by atoms with Gasteiger partial charge in [0.2, 0.25) is 17.7 Å². The van der Waals surface area contributed by atoms with Crippen LogP contribution in [0.2, 0.25) is 0 Å². The zero-order valence-electron chi connectivity index (χ0n) is 36.0. The van der Waals surface area contributed by atoms with Crippen LogP contribution in [0.1, 0.15) is 142 Å². The molecular formula is C42H78N4O11S. The van der Waals surface area contributed by atoms with Crippen molar-refractivity contribution in [3.05, 3.63) is 10.6 Å². The molecule has 0 aliphatic heterocycles. The molecule has 15 nitrogen and oxygen atoms in total. The monoisotopic (exact) mass is 847 g/mol. The van der Waals surface area contributed by atoms with Crippen LogP contribution in [-0.4, -0.2) is 125 Å². The zero-order chi connectivity index (χ0) is 42.9. The van der Waals surface area contributed by atoms with Gasteiger partial charge in [-0.25, -0.2) is 4.79 Å². The molecule has 0 saturated heterocycles. The van der Waals surface area contributed by atoms with Crippen LogP contribution in [0.4, 0.5) is 0 Å². The summed E-state index contributed by atoms with van der Waals surface area (Å²) in [6.45, 7) is 6.80. The molecular weight excluding hydrogens is 769 g/mol. The number of carbonyl (C=O) groups is 5. The van der Waals surface area contributed by atoms with E-state index in [-0.39, 0.29) is 83.2 Å². The second-order valence-corrected chi connectivity index (χ2v) is 15.4. The molecule has 0 bridgehead atoms. The predicted octanol–water partition coefficient (Wildman–Crippen LogP) is 5.95. The molecule has 0 aliphatic carbocycles. The Hall–Kier alpha value is -2.92. The summed E-state index contributed by atoms with van der Waals surface area (Å²) in [7, 11) is 0. The third-order valence-corrected chi connectivity index (χ3v) is 10.2. The van der Waals surface area contributed by atoms with Crippen LogP contribution in [-0.2, 0) is 42.9 Å². The minimum absolute atomic E-state index is 0.00239. The smallest absolute Gasteiger partial charge is 0.326 e. The van der Waals surface area contributed by atoms with E-state index >= 15 is 0 Å². The van der Waals surface area contributed by atoms with Gasteiger partial charge in [0.1, 0.15) is 19.3 Å². The Morgan fingerprint density at radius 3 is 1.41 bits per heavy atom. The van der Waals surface area contributed by atoms with Gasteiger partial charge in [0.15, 0.2) is 0 Å². The zero-order valence-corrected chi connectivity index (χ0v) is 36.8. The quantitative estimate of drug-likeness (QED) is 0.0393. The summed E-state index contributed by atoms with van der Waals surface area (Å²) in [5.41, 5.74) is 0.933. The van der Waals surface area contributed by atoms with Crippen molar-refractivity contribution in [2.75, 3.05) is 78.7 Å². The molecule has 0 spiro atoms. The first-order valence-corrected chi connectivity index (χ1v) is 22.9. The third-order valence-electron chi connectivity index (χ3n) is 9.31. The summed E-state index contributed by atoms with van der Waals surface area (Å²) in [6, 6.07) is -0.863. The molecule has 338 valence electrons. The molecule has 3 amide bonds. The van der Waals surface area contributed by atoms with Crippen LogP contribution in [0.3, 0.4) is 0 Å². The largest absolute Gasteiger partial charge is 0.481 e. The molecule has 0 radical (unpaired) electrons. The summed E-state index contributed by atoms with van der Waals surface area (Å²) < 4.78 is 21.4. The minimum atomic E-state index is -0.984. The number of hydrogen-bond acceptors (Lipinski definition) is 11. The molecule has 1 atom stereocenters. The van der Waals surface area contributed by atoms with E-state index < -0.39 is 18.0 Å². The number of carboxylic acids is 2. The van der Waals surface area contributed by atoms with Crippen molar-refractivity contribution in [1.82, 2.24) is 21.3 Å². The highest BCUT2D eigenvalue weighted by Gasteiger charge is 2.20. The molecule has 0 aromatic carbocycles. The Kier molecular flexibility index (Phi) is 38.8. The van der Waals surface area contributed by atoms with Crippen molar-refractivity contribution in [2.45, 2.75) is 148 Å². The van der Waals surface area contributed by atoms with Gasteiger partial charge in [-0.2, -0.15) is 0 Å². The van der Waals surface area contributed by atoms with Gasteiger partial charge >= 0.3 is 11.9 Å². The summed E-state index contributed by atoms with van der Waals surface area (Å²) in [5.74, 6) is -2.36. The van der Waals surface area contributed by atoms with Crippen molar-refractivity contribution in [1.29, 1.82) is 0 Å². The first kappa shape index (κ1) is 55.1. The first-order valence-electron chi connectivity index (χ1n) is 21.7. The molecule has 0 fully saturated rings. The van der Waals surface area contributed by atoms with Crippen LogP contribution >= 0.6 is 11.8 Å². The van der Waals surface area contributed by atoms with Crippen LogP contribution in [0, 0.1) is 0 Å². The van der Waals surface area contributed by atoms with Crippen molar-refractivity contribution in [3.8, 4) is 0 Å². The lowest BCUT2D eigenvalue weighted by Crippen LogP contribution is -2.38. The van der Waals surface area contributed by atoms with E-state index in [1.54, 1.807) is 11.8 Å². The van der Waals surface area contributed by atoms with Gasteiger partial charge in [-0.05, 0) is 45.3 Å². The Morgan fingerprint density at radius 2 is 0.966 bits per heavy atom. The highest BCUT2D eigenvalue weighted by molar-refractivity contribution is 8.02. The number of unbranched alkanes of at least 4 members (excludes halogenated alkanes) is 14. The second kappa shape index (κ2) is 40.8. The maximum Gasteiger partial charge on any atom is 0.326 e. The average molecular weight is 847 g/mol. The standard InChI is InChI=1S/C42H78N4O11S/c1-4-5-24-43-39(48)33-56-31-30-55-28-26-45-40(49)34-57-32-29-54-27-25-44-38(47)23-22-37(42(52)53)46-36(35(2)58-3)20-18-16-14-12-10-8-6-7-9-11-13-15-17-19-21-41(50)51/h37,46H,4-34H2,1-3H3,(H,43,48)(H,44,47)(H,45,49)(H,50,51)(H,52,53)/b36-35-/t37-/m0/s1. The van der Waals surface area contributed by atoms with Crippen molar-refractivity contribution in [3.63, 3.8) is 0 Å². The molecule has 0 saturated carbocycles. The lowest BCUT2D eigenvalue weighted by Gasteiger charge is -2.20. The summed E-state index contributed by atoms with van der Waals surface area (Å²) >= 11 is 1.59. The number of ether oxygens (including phenoxy) is 4. The highest BCUT2D eigenvalue weighted by Crippen LogP contribution is 2.21. The van der Waals surface area contributed by atoms with Crippen LogP contribution in [0.25, 0.3) is 0 Å². The SMILES string of the molecule is CCCCNC(=O)COCCOCCNC(=O)COCCOCCNC(=O)CC[C@H](N/C(CCCCCCCCCCCCCCCCC(=O)O)=C(/C)SC)C(=O)O. The number of amides is 3. The summed E-state index contributed by atoms with van der Waals surface area (Å²) in [4.78, 5) is 59.5. The van der Waals surface area contributed by atoms with Crippen LogP contribution < -0.4 is 21.3 Å². The lowest BCUT2D eigenvalue weighted by atomic mass is 10.0. The Morgan fingerprint density at radius 1 is 0.534 bits per heavy atom. The van der Waals surface area contributed by atoms with Gasteiger partial charge in [0, 0.05) is 43.1 Å². The van der Waals surface area contributed by atoms with Gasteiger partial charge in [-0.15, -0.1) is 11.8 Å². The number of aliphatic carboxylic acids is 2. The molecule has 58 heavy (non-hydrogen) atoms. The van der Waals surface area contributed by atoms with E-state index in [0.717, 1.165) is 68.4 Å². The third kappa shape index (κ3) is 37.4. The van der Waals surface area contributed by atoms with E-state index in [0.29, 0.717) is 26.3 Å². The normalized spacial score (nSPS) is 12.1. The van der Waals surface area contributed by atoms with Gasteiger partial charge in [-0.3, -0.25) is 19.2 Å². The summed E-state index contributed by atoms with van der Waals surface area (Å²) in [5, 5.41) is 30.0. The fourth-order valence-corrected chi connectivity index (χ4v) is 6.21. The molecule has 0 aromatic rings. The Balaban J connectivity index is 3.93. The van der Waals surface area contributed by atoms with Crippen LogP contribution in [0.15, 0.2) is 10.6 Å². The lowest BCUT2D eigenvalue weighted by molar-refractivity contribution is -0.140. The fraction of sp³-hybridized carbons (Fsp3) is 0.833. The molecule has 0 unspecified atom stereocenters. The van der Waals surface area contributed by atoms with Gasteiger partial charge in [0.25, 0.3) is 0 Å². The number of nitrogens with one attached hydrogen (secondary N) is 4. The topological polar surface area (TPSA) is 211 Å². The number of carboxylic acid groups (broad SMARTS) is 2. The molecule has 0 heterocycles. The first-order chi connectivity index (χ1) is 28.1. The van der Waals surface area contributed by atoms with Gasteiger partial charge in [-0.1, -0.05) is 90.4 Å². The number of rotatable bonds is 43. The maximum atomic E-state index is 12.4.